The van der Waals surface area contributed by atoms with Gasteiger partial charge in [-0.1, -0.05) is 0 Å². The lowest BCUT2D eigenvalue weighted by Crippen LogP contribution is -2.33. The van der Waals surface area contributed by atoms with Crippen LogP contribution in [0.5, 0.6) is 0 Å². The number of hydrogen-bond donors (Lipinski definition) is 3. The highest BCUT2D eigenvalue weighted by Gasteiger charge is 2.09. The van der Waals surface area contributed by atoms with E-state index in [2.05, 4.69) is 4.99 Å². The van der Waals surface area contributed by atoms with Crippen molar-refractivity contribution in [2.75, 3.05) is 20.7 Å². The fourth-order valence-corrected chi connectivity index (χ4v) is 0.821. The van der Waals surface area contributed by atoms with Gasteiger partial charge in [-0.3, -0.25) is 14.6 Å². The predicted molar refractivity (Wildman–Crippen MR) is 56.1 cm³/mol. The molecule has 0 aliphatic carbocycles. The SMILES string of the molecule is CON(C)C(N)=NCCC[C@H](N)C(=O)O. The molecule has 7 nitrogen and oxygen atoms in total. The monoisotopic (exact) mass is 218 g/mol. The van der Waals surface area contributed by atoms with Crippen LogP contribution in [0.2, 0.25) is 0 Å². The lowest BCUT2D eigenvalue weighted by molar-refractivity contribution is -0.138. The predicted octanol–water partition coefficient (Wildman–Crippen LogP) is -1.01. The van der Waals surface area contributed by atoms with E-state index in [1.165, 1.54) is 12.2 Å². The number of nitrogens with zero attached hydrogens (tertiary/aromatic N) is 2. The number of rotatable bonds is 6. The van der Waals surface area contributed by atoms with Crippen LogP contribution in [-0.4, -0.2) is 48.8 Å². The zero-order valence-corrected chi connectivity index (χ0v) is 9.01. The average Bonchev–Trinajstić information content (AvgIpc) is 2.22. The van der Waals surface area contributed by atoms with E-state index < -0.39 is 12.0 Å². The molecule has 0 aliphatic rings. The van der Waals surface area contributed by atoms with Crippen LogP contribution in [0.15, 0.2) is 4.99 Å². The number of carbonyl (C=O) groups is 1. The third-order valence-corrected chi connectivity index (χ3v) is 1.86. The molecule has 0 amide bonds. The Morgan fingerprint density at radius 2 is 2.27 bits per heavy atom. The van der Waals surface area contributed by atoms with Crippen LogP contribution in [0.4, 0.5) is 0 Å². The van der Waals surface area contributed by atoms with Crippen LogP contribution in [-0.2, 0) is 9.63 Å². The van der Waals surface area contributed by atoms with E-state index in [0.29, 0.717) is 19.4 Å². The summed E-state index contributed by atoms with van der Waals surface area (Å²) in [7, 11) is 3.10. The quantitative estimate of drug-likeness (QED) is 0.228. The van der Waals surface area contributed by atoms with Gasteiger partial charge in [-0.15, -0.1) is 0 Å². The lowest BCUT2D eigenvalue weighted by atomic mass is 10.2. The number of hydroxylamine groups is 2. The fraction of sp³-hybridized carbons (Fsp3) is 0.750. The summed E-state index contributed by atoms with van der Waals surface area (Å²) in [4.78, 5) is 19.1. The Morgan fingerprint density at radius 3 is 2.73 bits per heavy atom. The number of carboxylic acids is 1. The first-order valence-electron chi connectivity index (χ1n) is 4.55. The summed E-state index contributed by atoms with van der Waals surface area (Å²) >= 11 is 0. The third-order valence-electron chi connectivity index (χ3n) is 1.86. The highest BCUT2D eigenvalue weighted by Crippen LogP contribution is 1.95. The summed E-state index contributed by atoms with van der Waals surface area (Å²) in [6.07, 6.45) is 0.953. The highest BCUT2D eigenvalue weighted by molar-refractivity contribution is 5.76. The van der Waals surface area contributed by atoms with Gasteiger partial charge >= 0.3 is 5.97 Å². The topological polar surface area (TPSA) is 114 Å². The van der Waals surface area contributed by atoms with Gasteiger partial charge in [0.2, 0.25) is 5.96 Å². The summed E-state index contributed by atoms with van der Waals surface area (Å²) in [5, 5.41) is 9.82. The largest absolute Gasteiger partial charge is 0.480 e. The number of guanidine groups is 1. The van der Waals surface area contributed by atoms with Gasteiger partial charge in [0, 0.05) is 13.6 Å². The van der Waals surface area contributed by atoms with E-state index in [4.69, 9.17) is 21.4 Å². The zero-order chi connectivity index (χ0) is 11.8. The minimum Gasteiger partial charge on any atom is -0.480 e. The number of carboxylic acid groups (broad SMARTS) is 1. The first-order valence-corrected chi connectivity index (χ1v) is 4.55. The first kappa shape index (κ1) is 13.7. The third kappa shape index (κ3) is 5.87. The summed E-state index contributed by atoms with van der Waals surface area (Å²) in [5.74, 6) is -0.748. The molecule has 0 saturated heterocycles. The standard InChI is InChI=1S/C8H18N4O3/c1-12(15-2)8(10)11-5-3-4-6(9)7(13)14/h6H,3-5,9H2,1-2H3,(H2,10,11)(H,13,14)/t6-/m0/s1. The van der Waals surface area contributed by atoms with Crippen LogP contribution in [0.25, 0.3) is 0 Å². The number of aliphatic carboxylic acids is 1. The smallest absolute Gasteiger partial charge is 0.320 e. The summed E-state index contributed by atoms with van der Waals surface area (Å²) in [5.41, 5.74) is 10.8. The minimum absolute atomic E-state index is 0.251. The molecule has 0 bridgehead atoms. The first-order chi connectivity index (χ1) is 6.99. The maximum absolute atomic E-state index is 10.4. The van der Waals surface area contributed by atoms with E-state index in [-0.39, 0.29) is 5.96 Å². The minimum atomic E-state index is -0.999. The molecule has 0 fully saturated rings. The molecule has 0 aliphatic heterocycles. The normalized spacial score (nSPS) is 13.7. The van der Waals surface area contributed by atoms with Crippen molar-refractivity contribution in [3.63, 3.8) is 0 Å². The van der Waals surface area contributed by atoms with Crippen molar-refractivity contribution in [1.82, 2.24) is 5.06 Å². The Kier molecular flexibility index (Phi) is 6.39. The van der Waals surface area contributed by atoms with Crippen molar-refractivity contribution in [1.29, 1.82) is 0 Å². The molecule has 0 aromatic rings. The van der Waals surface area contributed by atoms with Gasteiger partial charge in [0.25, 0.3) is 0 Å². The number of aliphatic imine (C=N–C) groups is 1. The van der Waals surface area contributed by atoms with Crippen LogP contribution < -0.4 is 11.5 Å². The Morgan fingerprint density at radius 1 is 1.67 bits per heavy atom. The molecule has 0 spiro atoms. The van der Waals surface area contributed by atoms with Crippen LogP contribution in [0.1, 0.15) is 12.8 Å². The molecule has 0 aromatic heterocycles. The second-order valence-electron chi connectivity index (χ2n) is 3.01. The molecule has 0 aromatic carbocycles. The molecule has 0 radical (unpaired) electrons. The van der Waals surface area contributed by atoms with Crippen molar-refractivity contribution in [2.45, 2.75) is 18.9 Å². The highest BCUT2D eigenvalue weighted by atomic mass is 16.7. The van der Waals surface area contributed by atoms with Gasteiger partial charge in [0.05, 0.1) is 7.11 Å². The molecular weight excluding hydrogens is 200 g/mol. The Labute approximate surface area is 88.7 Å². The van der Waals surface area contributed by atoms with Gasteiger partial charge in [-0.25, -0.2) is 5.06 Å². The summed E-state index contributed by atoms with van der Waals surface area (Å²) < 4.78 is 0. The van der Waals surface area contributed by atoms with Gasteiger partial charge < -0.3 is 16.6 Å². The maximum atomic E-state index is 10.4. The van der Waals surface area contributed by atoms with Gasteiger partial charge in [0.15, 0.2) is 0 Å². The van der Waals surface area contributed by atoms with Crippen molar-refractivity contribution in [3.05, 3.63) is 0 Å². The summed E-state index contributed by atoms with van der Waals surface area (Å²) in [6.45, 7) is 0.431. The van der Waals surface area contributed by atoms with Gasteiger partial charge in [-0.05, 0) is 12.8 Å². The van der Waals surface area contributed by atoms with Crippen molar-refractivity contribution in [2.24, 2.45) is 16.5 Å². The summed E-state index contributed by atoms with van der Waals surface area (Å²) in [6, 6.07) is -0.832. The molecule has 0 heterocycles. The fourth-order valence-electron chi connectivity index (χ4n) is 0.821. The average molecular weight is 218 g/mol. The lowest BCUT2D eigenvalue weighted by Gasteiger charge is -2.13. The molecule has 0 saturated carbocycles. The van der Waals surface area contributed by atoms with Crippen LogP contribution >= 0.6 is 0 Å². The second-order valence-corrected chi connectivity index (χ2v) is 3.01. The van der Waals surface area contributed by atoms with E-state index >= 15 is 0 Å². The molecule has 1 atom stereocenters. The van der Waals surface area contributed by atoms with Crippen LogP contribution in [0, 0.1) is 0 Å². The van der Waals surface area contributed by atoms with E-state index in [1.54, 1.807) is 7.05 Å². The van der Waals surface area contributed by atoms with Crippen LogP contribution in [0.3, 0.4) is 0 Å². The van der Waals surface area contributed by atoms with Gasteiger partial charge in [-0.2, -0.15) is 0 Å². The maximum Gasteiger partial charge on any atom is 0.320 e. The van der Waals surface area contributed by atoms with Gasteiger partial charge in [0.1, 0.15) is 6.04 Å². The Hall–Kier alpha value is -1.34. The van der Waals surface area contributed by atoms with Crippen molar-refractivity contribution >= 4 is 11.9 Å². The number of hydrogen-bond acceptors (Lipinski definition) is 4. The molecule has 15 heavy (non-hydrogen) atoms. The molecule has 88 valence electrons. The Bertz CT molecular complexity index is 232. The molecule has 7 heteroatoms. The molecule has 0 rings (SSSR count). The molecule has 0 unspecified atom stereocenters. The number of nitrogens with two attached hydrogens (primary N) is 2. The zero-order valence-electron chi connectivity index (χ0n) is 9.01. The molecular formula is C8H18N4O3. The van der Waals surface area contributed by atoms with E-state index in [9.17, 15) is 4.79 Å². The van der Waals surface area contributed by atoms with Crippen molar-refractivity contribution in [3.8, 4) is 0 Å². The molecule has 5 N–H and O–H groups in total. The van der Waals surface area contributed by atoms with Crippen molar-refractivity contribution < 1.29 is 14.7 Å². The second kappa shape index (κ2) is 7.02. The Balaban J connectivity index is 3.74. The van der Waals surface area contributed by atoms with E-state index in [1.807, 2.05) is 0 Å². The van der Waals surface area contributed by atoms with E-state index in [0.717, 1.165) is 0 Å².